The van der Waals surface area contributed by atoms with Crippen LogP contribution in [0.15, 0.2) is 12.4 Å². The van der Waals surface area contributed by atoms with E-state index in [1.54, 1.807) is 6.33 Å². The summed E-state index contributed by atoms with van der Waals surface area (Å²) in [6.45, 7) is 4.42. The second-order valence-corrected chi connectivity index (χ2v) is 5.03. The Morgan fingerprint density at radius 2 is 2.18 bits per heavy atom. The topological polar surface area (TPSA) is 37.8 Å². The predicted molar refractivity (Wildman–Crippen MR) is 71.1 cm³/mol. The van der Waals surface area contributed by atoms with E-state index in [2.05, 4.69) is 35.2 Å². The van der Waals surface area contributed by atoms with Crippen molar-refractivity contribution in [3.63, 3.8) is 0 Å². The summed E-state index contributed by atoms with van der Waals surface area (Å²) < 4.78 is 0. The van der Waals surface area contributed by atoms with Crippen LogP contribution >= 0.6 is 0 Å². The molecular weight excluding hydrogens is 210 g/mol. The Morgan fingerprint density at radius 1 is 1.29 bits per heavy atom. The molecule has 17 heavy (non-hydrogen) atoms. The van der Waals surface area contributed by atoms with Gasteiger partial charge in [0.2, 0.25) is 0 Å². The van der Waals surface area contributed by atoms with Crippen LogP contribution in [-0.2, 0) is 6.42 Å². The molecule has 2 rings (SSSR count). The average Bonchev–Trinajstić information content (AvgIpc) is 2.39. The molecule has 1 aromatic heterocycles. The molecule has 3 heteroatoms. The number of aryl methyl sites for hydroxylation is 1. The number of aromatic nitrogens is 2. The second-order valence-electron chi connectivity index (χ2n) is 5.03. The normalized spacial score (nSPS) is 24.6. The highest BCUT2D eigenvalue weighted by atomic mass is 15.0. The van der Waals surface area contributed by atoms with E-state index in [9.17, 15) is 0 Å². The van der Waals surface area contributed by atoms with Gasteiger partial charge in [-0.1, -0.05) is 33.1 Å². The van der Waals surface area contributed by atoms with E-state index in [0.29, 0.717) is 6.04 Å². The summed E-state index contributed by atoms with van der Waals surface area (Å²) >= 11 is 0. The van der Waals surface area contributed by atoms with E-state index in [0.717, 1.165) is 23.9 Å². The van der Waals surface area contributed by atoms with Crippen LogP contribution in [0.2, 0.25) is 0 Å². The van der Waals surface area contributed by atoms with E-state index in [-0.39, 0.29) is 0 Å². The van der Waals surface area contributed by atoms with Gasteiger partial charge in [0.25, 0.3) is 0 Å². The van der Waals surface area contributed by atoms with Crippen molar-refractivity contribution in [2.24, 2.45) is 5.92 Å². The molecule has 0 radical (unpaired) electrons. The fourth-order valence-electron chi connectivity index (χ4n) is 2.67. The third kappa shape index (κ3) is 3.42. The molecule has 1 aliphatic carbocycles. The minimum atomic E-state index is 0.605. The summed E-state index contributed by atoms with van der Waals surface area (Å²) in [5, 5.41) is 3.57. The first-order valence-corrected chi connectivity index (χ1v) is 6.89. The van der Waals surface area contributed by atoms with Gasteiger partial charge in [0.05, 0.1) is 0 Å². The van der Waals surface area contributed by atoms with Crippen LogP contribution < -0.4 is 5.32 Å². The van der Waals surface area contributed by atoms with Gasteiger partial charge in [-0.15, -0.1) is 0 Å². The minimum Gasteiger partial charge on any atom is -0.367 e. The molecular formula is C14H23N3. The van der Waals surface area contributed by atoms with Crippen molar-refractivity contribution >= 4 is 5.82 Å². The molecule has 1 aromatic rings. The monoisotopic (exact) mass is 233 g/mol. The summed E-state index contributed by atoms with van der Waals surface area (Å²) in [5.41, 5.74) is 1.12. The van der Waals surface area contributed by atoms with Gasteiger partial charge in [0.15, 0.2) is 0 Å². The molecule has 1 aliphatic rings. The Labute approximate surface area is 104 Å². The molecule has 0 spiro atoms. The van der Waals surface area contributed by atoms with Gasteiger partial charge in [0.1, 0.15) is 12.1 Å². The molecule has 0 bridgehead atoms. The van der Waals surface area contributed by atoms with E-state index in [1.165, 1.54) is 32.1 Å². The largest absolute Gasteiger partial charge is 0.367 e. The molecule has 0 amide bonds. The van der Waals surface area contributed by atoms with Crippen LogP contribution in [0.1, 0.15) is 51.6 Å². The van der Waals surface area contributed by atoms with E-state index >= 15 is 0 Å². The zero-order valence-electron chi connectivity index (χ0n) is 10.9. The molecule has 2 unspecified atom stereocenters. The molecule has 0 aromatic carbocycles. The van der Waals surface area contributed by atoms with Gasteiger partial charge in [-0.05, 0) is 25.2 Å². The lowest BCUT2D eigenvalue weighted by molar-refractivity contribution is 0.327. The van der Waals surface area contributed by atoms with Crippen molar-refractivity contribution in [1.82, 2.24) is 9.97 Å². The third-order valence-corrected chi connectivity index (χ3v) is 3.80. The van der Waals surface area contributed by atoms with E-state index in [1.807, 2.05) is 0 Å². The fourth-order valence-corrected chi connectivity index (χ4v) is 2.67. The van der Waals surface area contributed by atoms with E-state index in [4.69, 9.17) is 0 Å². The van der Waals surface area contributed by atoms with Crippen molar-refractivity contribution in [2.45, 2.75) is 58.4 Å². The van der Waals surface area contributed by atoms with E-state index < -0.39 is 0 Å². The number of anilines is 1. The highest BCUT2D eigenvalue weighted by molar-refractivity contribution is 5.36. The zero-order valence-corrected chi connectivity index (χ0v) is 10.9. The Hall–Kier alpha value is -1.12. The Bertz CT molecular complexity index is 351. The number of hydrogen-bond donors (Lipinski definition) is 1. The van der Waals surface area contributed by atoms with Gasteiger partial charge in [0, 0.05) is 17.8 Å². The summed E-state index contributed by atoms with van der Waals surface area (Å²) in [4.78, 5) is 8.54. The highest BCUT2D eigenvalue weighted by Gasteiger charge is 2.20. The molecule has 1 fully saturated rings. The maximum absolute atomic E-state index is 4.31. The van der Waals surface area contributed by atoms with Gasteiger partial charge in [-0.3, -0.25) is 0 Å². The van der Waals surface area contributed by atoms with Gasteiger partial charge in [-0.25, -0.2) is 9.97 Å². The van der Waals surface area contributed by atoms with Gasteiger partial charge in [-0.2, -0.15) is 0 Å². The van der Waals surface area contributed by atoms with Crippen molar-refractivity contribution in [3.8, 4) is 0 Å². The first-order chi connectivity index (χ1) is 8.31. The predicted octanol–water partition coefficient (Wildman–Crippen LogP) is 3.42. The van der Waals surface area contributed by atoms with Crippen molar-refractivity contribution in [3.05, 3.63) is 18.1 Å². The molecule has 0 saturated heterocycles. The Kier molecular flexibility index (Phi) is 4.35. The number of rotatable bonds is 4. The second kappa shape index (κ2) is 5.99. The first-order valence-electron chi connectivity index (χ1n) is 6.89. The molecule has 3 nitrogen and oxygen atoms in total. The van der Waals surface area contributed by atoms with Gasteiger partial charge >= 0.3 is 0 Å². The molecule has 94 valence electrons. The highest BCUT2D eigenvalue weighted by Crippen LogP contribution is 2.28. The lowest BCUT2D eigenvalue weighted by Gasteiger charge is -2.29. The minimum absolute atomic E-state index is 0.605. The van der Waals surface area contributed by atoms with Crippen LogP contribution in [0.3, 0.4) is 0 Å². The lowest BCUT2D eigenvalue weighted by atomic mass is 9.84. The number of nitrogens with zero attached hydrogens (tertiary/aromatic N) is 2. The van der Waals surface area contributed by atoms with Crippen molar-refractivity contribution in [2.75, 3.05) is 5.32 Å². The first kappa shape index (κ1) is 12.3. The molecule has 1 N–H and O–H groups in total. The van der Waals surface area contributed by atoms with Crippen molar-refractivity contribution in [1.29, 1.82) is 0 Å². The summed E-state index contributed by atoms with van der Waals surface area (Å²) in [5.74, 6) is 1.90. The summed E-state index contributed by atoms with van der Waals surface area (Å²) in [7, 11) is 0. The van der Waals surface area contributed by atoms with Crippen LogP contribution in [-0.4, -0.2) is 16.0 Å². The summed E-state index contributed by atoms with van der Waals surface area (Å²) in [6.07, 6.45) is 9.27. The lowest BCUT2D eigenvalue weighted by Crippen LogP contribution is -2.27. The number of nitrogens with one attached hydrogen (secondary N) is 1. The van der Waals surface area contributed by atoms with Crippen LogP contribution in [0.5, 0.6) is 0 Å². The van der Waals surface area contributed by atoms with Crippen LogP contribution in [0.25, 0.3) is 0 Å². The Morgan fingerprint density at radius 3 is 2.94 bits per heavy atom. The number of hydrogen-bond acceptors (Lipinski definition) is 3. The fraction of sp³-hybridized carbons (Fsp3) is 0.714. The Balaban J connectivity index is 1.95. The molecule has 1 heterocycles. The quantitative estimate of drug-likeness (QED) is 0.866. The zero-order chi connectivity index (χ0) is 12.1. The van der Waals surface area contributed by atoms with Crippen molar-refractivity contribution < 1.29 is 0 Å². The SMILES string of the molecule is CCc1cc(NC2CCCC(CC)C2)ncn1. The van der Waals surface area contributed by atoms with Crippen LogP contribution in [0.4, 0.5) is 5.82 Å². The molecule has 2 atom stereocenters. The maximum Gasteiger partial charge on any atom is 0.129 e. The summed E-state index contributed by atoms with van der Waals surface area (Å²) in [6, 6.07) is 2.68. The molecule has 0 aliphatic heterocycles. The van der Waals surface area contributed by atoms with Crippen LogP contribution in [0, 0.1) is 5.92 Å². The molecule has 1 saturated carbocycles. The smallest absolute Gasteiger partial charge is 0.129 e. The van der Waals surface area contributed by atoms with Gasteiger partial charge < -0.3 is 5.32 Å². The standard InChI is InChI=1S/C14H23N3/c1-3-11-6-5-7-13(8-11)17-14-9-12(4-2)15-10-16-14/h9-11,13H,3-8H2,1-2H3,(H,15,16,17). The maximum atomic E-state index is 4.31. The average molecular weight is 233 g/mol. The third-order valence-electron chi connectivity index (χ3n) is 3.80.